The summed E-state index contributed by atoms with van der Waals surface area (Å²) in [7, 11) is 4.06. The molecule has 2 aromatic heterocycles. The Morgan fingerprint density at radius 3 is 2.38 bits per heavy atom. The van der Waals surface area contributed by atoms with Crippen molar-refractivity contribution < 1.29 is 0 Å². The summed E-state index contributed by atoms with van der Waals surface area (Å²) in [5, 5.41) is 7.30. The van der Waals surface area contributed by atoms with Crippen molar-refractivity contribution in [3.63, 3.8) is 0 Å². The summed E-state index contributed by atoms with van der Waals surface area (Å²) in [4.78, 5) is 11.9. The van der Waals surface area contributed by atoms with Crippen LogP contribution < -0.4 is 10.2 Å². The molecule has 0 aliphatic heterocycles. The van der Waals surface area contributed by atoms with E-state index in [0.29, 0.717) is 0 Å². The van der Waals surface area contributed by atoms with Crippen molar-refractivity contribution in [1.82, 2.24) is 9.97 Å². The van der Waals surface area contributed by atoms with Crippen LogP contribution in [0.2, 0.25) is 5.02 Å². The van der Waals surface area contributed by atoms with Crippen molar-refractivity contribution in [3.8, 4) is 11.1 Å². The Labute approximate surface area is 161 Å². The molecule has 4 rings (SSSR count). The van der Waals surface area contributed by atoms with Gasteiger partial charge in [0, 0.05) is 41.4 Å². The molecule has 4 aromatic rings. The monoisotopic (exact) mass is 380 g/mol. The normalized spacial score (nSPS) is 10.9. The number of anilines is 3. The summed E-state index contributed by atoms with van der Waals surface area (Å²) in [6, 6.07) is 16.1. The number of nitrogens with one attached hydrogen (secondary N) is 1. The lowest BCUT2D eigenvalue weighted by Gasteiger charge is -2.13. The number of hydrogen-bond acceptors (Lipinski definition) is 5. The molecule has 0 bridgehead atoms. The Morgan fingerprint density at radius 1 is 0.962 bits per heavy atom. The van der Waals surface area contributed by atoms with Gasteiger partial charge in [-0.3, -0.25) is 0 Å². The maximum Gasteiger partial charge on any atom is 0.143 e. The number of fused-ring (bicyclic) bond motifs is 1. The van der Waals surface area contributed by atoms with Crippen LogP contribution in [-0.2, 0) is 0 Å². The Hall–Kier alpha value is -2.63. The van der Waals surface area contributed by atoms with E-state index in [0.717, 1.165) is 43.6 Å². The number of thiophene rings is 1. The second kappa shape index (κ2) is 6.94. The van der Waals surface area contributed by atoms with Gasteiger partial charge in [0.15, 0.2) is 0 Å². The van der Waals surface area contributed by atoms with E-state index < -0.39 is 0 Å². The number of nitrogens with zero attached hydrogens (tertiary/aromatic N) is 3. The number of aromatic nitrogens is 2. The van der Waals surface area contributed by atoms with Crippen LogP contribution in [0.1, 0.15) is 0 Å². The van der Waals surface area contributed by atoms with Crippen LogP contribution >= 0.6 is 22.9 Å². The van der Waals surface area contributed by atoms with Gasteiger partial charge < -0.3 is 10.2 Å². The van der Waals surface area contributed by atoms with E-state index >= 15 is 0 Å². The summed E-state index contributed by atoms with van der Waals surface area (Å²) >= 11 is 7.64. The maximum absolute atomic E-state index is 6.03. The molecule has 0 saturated carbocycles. The van der Waals surface area contributed by atoms with Gasteiger partial charge >= 0.3 is 0 Å². The minimum absolute atomic E-state index is 0.726. The predicted molar refractivity (Wildman–Crippen MR) is 112 cm³/mol. The highest BCUT2D eigenvalue weighted by Gasteiger charge is 2.13. The number of hydrogen-bond donors (Lipinski definition) is 1. The first kappa shape index (κ1) is 16.8. The number of rotatable bonds is 4. The lowest BCUT2D eigenvalue weighted by atomic mass is 10.1. The van der Waals surface area contributed by atoms with Crippen molar-refractivity contribution in [2.75, 3.05) is 24.3 Å². The van der Waals surface area contributed by atoms with Gasteiger partial charge in [-0.1, -0.05) is 23.7 Å². The second-order valence-corrected chi connectivity index (χ2v) is 7.42. The zero-order valence-electron chi connectivity index (χ0n) is 14.4. The third-order valence-corrected chi connectivity index (χ3v) is 5.31. The van der Waals surface area contributed by atoms with Gasteiger partial charge in [0.05, 0.1) is 5.39 Å². The first-order chi connectivity index (χ1) is 12.6. The summed E-state index contributed by atoms with van der Waals surface area (Å²) in [6.45, 7) is 0. The van der Waals surface area contributed by atoms with E-state index in [4.69, 9.17) is 11.6 Å². The Bertz CT molecular complexity index is 1040. The van der Waals surface area contributed by atoms with Crippen molar-refractivity contribution >= 4 is 50.3 Å². The van der Waals surface area contributed by atoms with E-state index in [-0.39, 0.29) is 0 Å². The molecule has 0 aliphatic carbocycles. The third kappa shape index (κ3) is 3.23. The molecule has 0 radical (unpaired) electrons. The van der Waals surface area contributed by atoms with Gasteiger partial charge in [-0.2, -0.15) is 0 Å². The third-order valence-electron chi connectivity index (χ3n) is 4.17. The molecule has 0 amide bonds. The first-order valence-electron chi connectivity index (χ1n) is 8.14. The highest BCUT2D eigenvalue weighted by atomic mass is 35.5. The molecule has 0 aliphatic rings. The molecule has 2 aromatic carbocycles. The van der Waals surface area contributed by atoms with Crippen molar-refractivity contribution in [1.29, 1.82) is 0 Å². The van der Waals surface area contributed by atoms with E-state index in [1.165, 1.54) is 0 Å². The summed E-state index contributed by atoms with van der Waals surface area (Å²) in [5.41, 5.74) is 4.35. The zero-order chi connectivity index (χ0) is 18.1. The molecule has 0 saturated heterocycles. The van der Waals surface area contributed by atoms with E-state index in [1.54, 1.807) is 17.7 Å². The largest absolute Gasteiger partial charge is 0.378 e. The van der Waals surface area contributed by atoms with Gasteiger partial charge in [0.2, 0.25) is 0 Å². The molecule has 0 spiro atoms. The molecule has 0 fully saturated rings. The standard InChI is InChI=1S/C20H17ClN4S/c1-25(2)16-9-7-15(8-10-16)24-19-18-17(11-26-20(18)23-12-22-19)13-3-5-14(21)6-4-13/h3-12H,1-2H3,(H,22,23,24). The summed E-state index contributed by atoms with van der Waals surface area (Å²) in [5.74, 6) is 0.804. The topological polar surface area (TPSA) is 41.0 Å². The number of halogens is 1. The zero-order valence-corrected chi connectivity index (χ0v) is 16.0. The van der Waals surface area contributed by atoms with Crippen LogP contribution in [-0.4, -0.2) is 24.1 Å². The van der Waals surface area contributed by atoms with Gasteiger partial charge in [0.1, 0.15) is 17.0 Å². The van der Waals surface area contributed by atoms with Gasteiger partial charge in [-0.05, 0) is 42.0 Å². The Morgan fingerprint density at radius 2 is 1.69 bits per heavy atom. The van der Waals surface area contributed by atoms with Gasteiger partial charge in [-0.25, -0.2) is 9.97 Å². The predicted octanol–water partition coefficient (Wildman–Crippen LogP) is 5.82. The first-order valence-corrected chi connectivity index (χ1v) is 9.40. The molecule has 26 heavy (non-hydrogen) atoms. The fourth-order valence-electron chi connectivity index (χ4n) is 2.79. The van der Waals surface area contributed by atoms with Crippen LogP contribution in [0.5, 0.6) is 0 Å². The second-order valence-electron chi connectivity index (χ2n) is 6.12. The summed E-state index contributed by atoms with van der Waals surface area (Å²) in [6.07, 6.45) is 1.60. The highest BCUT2D eigenvalue weighted by Crippen LogP contribution is 2.37. The quantitative estimate of drug-likeness (QED) is 0.484. The molecule has 0 atom stereocenters. The average molecular weight is 381 g/mol. The summed E-state index contributed by atoms with van der Waals surface area (Å²) < 4.78 is 0. The van der Waals surface area contributed by atoms with Crippen LogP contribution in [0, 0.1) is 0 Å². The Balaban J connectivity index is 1.75. The van der Waals surface area contributed by atoms with Crippen LogP contribution in [0.3, 0.4) is 0 Å². The fourth-order valence-corrected chi connectivity index (χ4v) is 3.83. The van der Waals surface area contributed by atoms with E-state index in [2.05, 4.69) is 49.8 Å². The van der Waals surface area contributed by atoms with Crippen LogP contribution in [0.25, 0.3) is 21.3 Å². The van der Waals surface area contributed by atoms with Crippen molar-refractivity contribution in [2.45, 2.75) is 0 Å². The van der Waals surface area contributed by atoms with E-state index in [1.807, 2.05) is 38.4 Å². The molecule has 6 heteroatoms. The van der Waals surface area contributed by atoms with E-state index in [9.17, 15) is 0 Å². The maximum atomic E-state index is 6.03. The lowest BCUT2D eigenvalue weighted by Crippen LogP contribution is -2.08. The van der Waals surface area contributed by atoms with Crippen molar-refractivity contribution in [2.24, 2.45) is 0 Å². The fraction of sp³-hybridized carbons (Fsp3) is 0.100. The molecule has 0 unspecified atom stereocenters. The SMILES string of the molecule is CN(C)c1ccc(Nc2ncnc3scc(-c4ccc(Cl)cc4)c23)cc1. The molecule has 4 nitrogen and oxygen atoms in total. The van der Waals surface area contributed by atoms with Crippen molar-refractivity contribution in [3.05, 3.63) is 65.3 Å². The van der Waals surface area contributed by atoms with Gasteiger partial charge in [-0.15, -0.1) is 11.3 Å². The number of benzene rings is 2. The van der Waals surface area contributed by atoms with Crippen LogP contribution in [0.4, 0.5) is 17.2 Å². The van der Waals surface area contributed by atoms with Gasteiger partial charge in [0.25, 0.3) is 0 Å². The molecular formula is C20H17ClN4S. The molecule has 1 N–H and O–H groups in total. The minimum Gasteiger partial charge on any atom is -0.378 e. The smallest absolute Gasteiger partial charge is 0.143 e. The Kier molecular flexibility index (Phi) is 4.49. The molecule has 130 valence electrons. The molecular weight excluding hydrogens is 364 g/mol. The average Bonchev–Trinajstić information content (AvgIpc) is 3.08. The molecule has 2 heterocycles. The highest BCUT2D eigenvalue weighted by molar-refractivity contribution is 7.17. The lowest BCUT2D eigenvalue weighted by molar-refractivity contribution is 1.13. The minimum atomic E-state index is 0.726. The van der Waals surface area contributed by atoms with Crippen LogP contribution in [0.15, 0.2) is 60.2 Å².